The van der Waals surface area contributed by atoms with E-state index in [1.165, 1.54) is 0 Å². The lowest BCUT2D eigenvalue weighted by Gasteiger charge is -2.03. The average Bonchev–Trinajstić information content (AvgIpc) is 2.61. The molecule has 0 aliphatic heterocycles. The summed E-state index contributed by atoms with van der Waals surface area (Å²) < 4.78 is 5.00. The third-order valence-corrected chi connectivity index (χ3v) is 3.31. The van der Waals surface area contributed by atoms with Crippen molar-refractivity contribution in [3.8, 4) is 0 Å². The minimum atomic E-state index is -0.952. The number of carboxylic acid groups (broad SMARTS) is 1. The van der Waals surface area contributed by atoms with Gasteiger partial charge in [0.2, 0.25) is 0 Å². The first-order valence-corrected chi connectivity index (χ1v) is 7.49. The Hall–Kier alpha value is -2.92. The molecule has 0 aromatic heterocycles. The number of esters is 1. The van der Waals surface area contributed by atoms with E-state index in [1.54, 1.807) is 48.5 Å². The molecule has 0 spiro atoms. The van der Waals surface area contributed by atoms with E-state index in [-0.39, 0.29) is 18.8 Å². The van der Waals surface area contributed by atoms with Crippen molar-refractivity contribution in [2.75, 3.05) is 13.2 Å². The zero-order valence-corrected chi connectivity index (χ0v) is 13.0. The number of aliphatic hydroxyl groups excluding tert-OH is 1. The molecule has 0 fully saturated rings. The van der Waals surface area contributed by atoms with Crippen LogP contribution in [0.5, 0.6) is 0 Å². The van der Waals surface area contributed by atoms with E-state index in [0.29, 0.717) is 12.0 Å². The number of ether oxygens (including phenoxy) is 1. The molecule has 0 bridgehead atoms. The summed E-state index contributed by atoms with van der Waals surface area (Å²) in [5.74, 6) is -1.37. The zero-order chi connectivity index (χ0) is 17.4. The minimum absolute atomic E-state index is 0.00947. The Kier molecular flexibility index (Phi) is 6.28. The zero-order valence-electron chi connectivity index (χ0n) is 13.0. The van der Waals surface area contributed by atoms with Gasteiger partial charge in [0, 0.05) is 13.0 Å². The van der Waals surface area contributed by atoms with E-state index in [2.05, 4.69) is 0 Å². The fourth-order valence-corrected chi connectivity index (χ4v) is 1.97. The molecule has 2 aromatic carbocycles. The summed E-state index contributed by atoms with van der Waals surface area (Å²) in [5.41, 5.74) is 2.49. The molecule has 0 unspecified atom stereocenters. The minimum Gasteiger partial charge on any atom is -0.478 e. The third kappa shape index (κ3) is 5.07. The van der Waals surface area contributed by atoms with Crippen LogP contribution in [0.2, 0.25) is 0 Å². The molecule has 0 saturated carbocycles. The highest BCUT2D eigenvalue weighted by Gasteiger charge is 2.06. The molecular formula is C19H18O5. The monoisotopic (exact) mass is 326 g/mol. The fraction of sp³-hybridized carbons (Fsp3) is 0.158. The molecule has 2 N–H and O–H groups in total. The largest absolute Gasteiger partial charge is 0.478 e. The molecule has 0 atom stereocenters. The van der Waals surface area contributed by atoms with Gasteiger partial charge in [0.1, 0.15) is 0 Å². The number of carboxylic acids is 1. The summed E-state index contributed by atoms with van der Waals surface area (Å²) in [4.78, 5) is 22.5. The first-order chi connectivity index (χ1) is 11.6. The molecule has 0 amide bonds. The van der Waals surface area contributed by atoms with Crippen LogP contribution in [-0.4, -0.2) is 35.4 Å². The van der Waals surface area contributed by atoms with Gasteiger partial charge in [0.05, 0.1) is 17.7 Å². The summed E-state index contributed by atoms with van der Waals surface area (Å²) in [6.07, 6.45) is 4.16. The molecule has 2 rings (SSSR count). The quantitative estimate of drug-likeness (QED) is 0.464. The second-order valence-corrected chi connectivity index (χ2v) is 5.10. The maximum atomic E-state index is 11.7. The van der Waals surface area contributed by atoms with Gasteiger partial charge in [-0.25, -0.2) is 9.59 Å². The van der Waals surface area contributed by atoms with Gasteiger partial charge in [-0.3, -0.25) is 0 Å². The molecule has 5 heteroatoms. The van der Waals surface area contributed by atoms with Crippen molar-refractivity contribution < 1.29 is 24.5 Å². The topological polar surface area (TPSA) is 83.8 Å². The van der Waals surface area contributed by atoms with E-state index < -0.39 is 11.9 Å². The molecule has 2 aromatic rings. The fourth-order valence-electron chi connectivity index (χ4n) is 1.97. The van der Waals surface area contributed by atoms with Crippen LogP contribution < -0.4 is 0 Å². The summed E-state index contributed by atoms with van der Waals surface area (Å²) in [6.45, 7) is 0.188. The Morgan fingerprint density at radius 1 is 0.875 bits per heavy atom. The molecule has 0 aliphatic rings. The van der Waals surface area contributed by atoms with Crippen LogP contribution in [0.1, 0.15) is 38.3 Å². The van der Waals surface area contributed by atoms with Gasteiger partial charge in [0.15, 0.2) is 0 Å². The SMILES string of the molecule is O=C(O)c1ccc(C=Cc2ccc(C(=O)OCCCO)cc2)cc1. The van der Waals surface area contributed by atoms with Crippen LogP contribution in [0.25, 0.3) is 12.2 Å². The second kappa shape index (κ2) is 8.64. The van der Waals surface area contributed by atoms with E-state index in [0.717, 1.165) is 11.1 Å². The van der Waals surface area contributed by atoms with Crippen LogP contribution >= 0.6 is 0 Å². The normalized spacial score (nSPS) is 10.7. The lowest BCUT2D eigenvalue weighted by Crippen LogP contribution is -2.07. The Morgan fingerprint density at radius 2 is 1.38 bits per heavy atom. The number of hydrogen-bond acceptors (Lipinski definition) is 4. The summed E-state index contributed by atoms with van der Waals surface area (Å²) in [5, 5.41) is 17.5. The van der Waals surface area contributed by atoms with Crippen molar-refractivity contribution in [3.63, 3.8) is 0 Å². The maximum Gasteiger partial charge on any atom is 0.338 e. The Bertz CT molecular complexity index is 714. The van der Waals surface area contributed by atoms with Crippen molar-refractivity contribution in [2.24, 2.45) is 0 Å². The Labute approximate surface area is 139 Å². The number of aliphatic hydroxyl groups is 1. The van der Waals surface area contributed by atoms with E-state index >= 15 is 0 Å². The van der Waals surface area contributed by atoms with Crippen LogP contribution in [-0.2, 0) is 4.74 Å². The molecule has 0 saturated heterocycles. The standard InChI is InChI=1S/C19H18O5/c20-12-1-13-24-19(23)17-10-6-15(7-11-17)3-2-14-4-8-16(9-5-14)18(21)22/h2-11,20H,1,12-13H2,(H,21,22). The molecule has 24 heavy (non-hydrogen) atoms. The lowest BCUT2D eigenvalue weighted by molar-refractivity contribution is 0.0481. The van der Waals surface area contributed by atoms with Gasteiger partial charge in [-0.05, 0) is 35.4 Å². The molecule has 0 heterocycles. The number of carbonyl (C=O) groups is 2. The van der Waals surface area contributed by atoms with Crippen molar-refractivity contribution in [1.29, 1.82) is 0 Å². The lowest BCUT2D eigenvalue weighted by atomic mass is 10.1. The number of rotatable bonds is 7. The Morgan fingerprint density at radius 3 is 1.83 bits per heavy atom. The molecule has 0 radical (unpaired) electrons. The summed E-state index contributed by atoms with van der Waals surface area (Å²) in [6, 6.07) is 13.5. The van der Waals surface area contributed by atoms with Crippen molar-refractivity contribution >= 4 is 24.1 Å². The van der Waals surface area contributed by atoms with Crippen LogP contribution in [0.4, 0.5) is 0 Å². The highest BCUT2D eigenvalue weighted by atomic mass is 16.5. The van der Waals surface area contributed by atoms with Gasteiger partial charge < -0.3 is 14.9 Å². The highest BCUT2D eigenvalue weighted by molar-refractivity contribution is 5.90. The smallest absolute Gasteiger partial charge is 0.338 e. The summed E-state index contributed by atoms with van der Waals surface area (Å²) in [7, 11) is 0. The summed E-state index contributed by atoms with van der Waals surface area (Å²) >= 11 is 0. The van der Waals surface area contributed by atoms with E-state index in [4.69, 9.17) is 14.9 Å². The number of benzene rings is 2. The third-order valence-electron chi connectivity index (χ3n) is 3.31. The second-order valence-electron chi connectivity index (χ2n) is 5.10. The first-order valence-electron chi connectivity index (χ1n) is 7.49. The van der Waals surface area contributed by atoms with E-state index in [9.17, 15) is 9.59 Å². The van der Waals surface area contributed by atoms with E-state index in [1.807, 2.05) is 12.2 Å². The predicted molar refractivity (Wildman–Crippen MR) is 90.8 cm³/mol. The van der Waals surface area contributed by atoms with Crippen LogP contribution in [0, 0.1) is 0 Å². The van der Waals surface area contributed by atoms with Gasteiger partial charge in [-0.15, -0.1) is 0 Å². The van der Waals surface area contributed by atoms with Gasteiger partial charge >= 0.3 is 11.9 Å². The predicted octanol–water partition coefficient (Wildman–Crippen LogP) is 3.09. The van der Waals surface area contributed by atoms with Crippen molar-refractivity contribution in [2.45, 2.75) is 6.42 Å². The molecule has 0 aliphatic carbocycles. The van der Waals surface area contributed by atoms with Crippen LogP contribution in [0.15, 0.2) is 48.5 Å². The van der Waals surface area contributed by atoms with Crippen LogP contribution in [0.3, 0.4) is 0 Å². The maximum absolute atomic E-state index is 11.7. The van der Waals surface area contributed by atoms with Gasteiger partial charge in [0.25, 0.3) is 0 Å². The van der Waals surface area contributed by atoms with Crippen molar-refractivity contribution in [3.05, 3.63) is 70.8 Å². The van der Waals surface area contributed by atoms with Gasteiger partial charge in [-0.2, -0.15) is 0 Å². The first kappa shape index (κ1) is 17.4. The van der Waals surface area contributed by atoms with Crippen molar-refractivity contribution in [1.82, 2.24) is 0 Å². The Balaban J connectivity index is 1.97. The average molecular weight is 326 g/mol. The number of hydrogen-bond donors (Lipinski definition) is 2. The van der Waals surface area contributed by atoms with Gasteiger partial charge in [-0.1, -0.05) is 36.4 Å². The number of carbonyl (C=O) groups excluding carboxylic acids is 1. The molecular weight excluding hydrogens is 308 g/mol. The molecule has 5 nitrogen and oxygen atoms in total. The number of aromatic carboxylic acids is 1. The molecule has 124 valence electrons. The highest BCUT2D eigenvalue weighted by Crippen LogP contribution is 2.12.